The van der Waals surface area contributed by atoms with Crippen molar-refractivity contribution in [2.24, 2.45) is 5.41 Å². The first kappa shape index (κ1) is 29.3. The fourth-order valence-corrected chi connectivity index (χ4v) is 5.44. The number of hydrogen-bond acceptors (Lipinski definition) is 4. The fraction of sp³-hybridized carbons (Fsp3) is 0.375. The zero-order valence-electron chi connectivity index (χ0n) is 23.4. The maximum atomic E-state index is 13.8. The molecule has 2 heterocycles. The molecule has 7 nitrogen and oxygen atoms in total. The second kappa shape index (κ2) is 12.2. The van der Waals surface area contributed by atoms with E-state index in [1.54, 1.807) is 54.2 Å². The van der Waals surface area contributed by atoms with E-state index in [0.717, 1.165) is 29.7 Å². The molecule has 0 unspecified atom stereocenters. The number of carboxylic acids is 1. The van der Waals surface area contributed by atoms with Gasteiger partial charge in [-0.1, -0.05) is 23.7 Å². The Morgan fingerprint density at radius 3 is 2.38 bits per heavy atom. The molecule has 0 radical (unpaired) electrons. The lowest BCUT2D eigenvalue weighted by Crippen LogP contribution is -2.47. The minimum absolute atomic E-state index is 0.0338. The van der Waals surface area contributed by atoms with Crippen LogP contribution in [0.2, 0.25) is 5.02 Å². The van der Waals surface area contributed by atoms with Crippen LogP contribution in [0.3, 0.4) is 0 Å². The van der Waals surface area contributed by atoms with E-state index in [4.69, 9.17) is 11.6 Å². The van der Waals surface area contributed by atoms with Crippen molar-refractivity contribution in [2.45, 2.75) is 65.3 Å². The molecule has 210 valence electrons. The standard InChI is InChI=1S/C32H36ClN3O4/c1-5-35(25-14-12-24(33)13-15-25)30(38)26-19-21(2)36(28-16-18-34-20-27(26)28)29(37)23-10-8-22(9-11-23)7-6-17-32(3,4)31(39)40/h8-16,18,20-21,26H,5-7,17,19H2,1-4H3,(H,39,40)/t21-,26-/m0/s1. The lowest BCUT2D eigenvalue weighted by Gasteiger charge is -2.40. The van der Waals surface area contributed by atoms with Crippen molar-refractivity contribution in [1.29, 1.82) is 0 Å². The molecule has 2 amide bonds. The van der Waals surface area contributed by atoms with Crippen LogP contribution >= 0.6 is 11.6 Å². The molecule has 1 aliphatic rings. The summed E-state index contributed by atoms with van der Waals surface area (Å²) < 4.78 is 0. The number of aryl methyl sites for hydroxylation is 1. The number of carboxylic acid groups (broad SMARTS) is 1. The molecule has 1 aromatic heterocycles. The van der Waals surface area contributed by atoms with E-state index in [1.165, 1.54) is 0 Å². The van der Waals surface area contributed by atoms with Crippen LogP contribution in [0.15, 0.2) is 67.0 Å². The Kier molecular flexibility index (Phi) is 8.94. The highest BCUT2D eigenvalue weighted by molar-refractivity contribution is 6.30. The highest BCUT2D eigenvalue weighted by atomic mass is 35.5. The van der Waals surface area contributed by atoms with Gasteiger partial charge in [-0.25, -0.2) is 0 Å². The van der Waals surface area contributed by atoms with Crippen molar-refractivity contribution in [3.8, 4) is 0 Å². The monoisotopic (exact) mass is 561 g/mol. The highest BCUT2D eigenvalue weighted by Gasteiger charge is 2.39. The molecule has 0 bridgehead atoms. The maximum Gasteiger partial charge on any atom is 0.309 e. The van der Waals surface area contributed by atoms with Crippen LogP contribution in [-0.2, 0) is 16.0 Å². The van der Waals surface area contributed by atoms with Gasteiger partial charge in [-0.05, 0) is 101 Å². The van der Waals surface area contributed by atoms with Crippen LogP contribution in [0.4, 0.5) is 11.4 Å². The summed E-state index contributed by atoms with van der Waals surface area (Å²) in [4.78, 5) is 46.7. The Bertz CT molecular complexity index is 1370. The quantitative estimate of drug-likeness (QED) is 0.312. The zero-order valence-corrected chi connectivity index (χ0v) is 24.2. The van der Waals surface area contributed by atoms with E-state index in [2.05, 4.69) is 4.98 Å². The van der Waals surface area contributed by atoms with E-state index in [0.29, 0.717) is 35.7 Å². The van der Waals surface area contributed by atoms with Gasteiger partial charge >= 0.3 is 5.97 Å². The first-order chi connectivity index (χ1) is 19.0. The van der Waals surface area contributed by atoms with Crippen molar-refractivity contribution < 1.29 is 19.5 Å². The normalized spacial score (nSPS) is 16.8. The van der Waals surface area contributed by atoms with E-state index < -0.39 is 17.3 Å². The molecule has 4 rings (SSSR count). The van der Waals surface area contributed by atoms with E-state index in [-0.39, 0.29) is 17.9 Å². The Labute approximate surface area is 240 Å². The first-order valence-electron chi connectivity index (χ1n) is 13.7. The molecule has 1 N–H and O–H groups in total. The van der Waals surface area contributed by atoms with E-state index in [1.807, 2.05) is 50.2 Å². The molecule has 1 aliphatic heterocycles. The summed E-state index contributed by atoms with van der Waals surface area (Å²) in [7, 11) is 0. The Hall–Kier alpha value is -3.71. The number of aliphatic carboxylic acids is 1. The Morgan fingerprint density at radius 1 is 1.07 bits per heavy atom. The third-order valence-electron chi connectivity index (χ3n) is 7.76. The average Bonchev–Trinajstić information content (AvgIpc) is 2.94. The Balaban J connectivity index is 1.53. The number of hydrogen-bond donors (Lipinski definition) is 1. The SMILES string of the molecule is CCN(C(=O)[C@H]1C[C@H](C)N(C(=O)c2ccc(CCCC(C)(C)C(=O)O)cc2)c2ccncc21)c1ccc(Cl)cc1. The van der Waals surface area contributed by atoms with Crippen LogP contribution in [0.25, 0.3) is 0 Å². The smallest absolute Gasteiger partial charge is 0.309 e. The summed E-state index contributed by atoms with van der Waals surface area (Å²) in [6.45, 7) is 7.89. The number of nitrogens with zero attached hydrogens (tertiary/aromatic N) is 3. The average molecular weight is 562 g/mol. The van der Waals surface area contributed by atoms with Crippen molar-refractivity contribution in [3.05, 3.63) is 88.7 Å². The van der Waals surface area contributed by atoms with Gasteiger partial charge in [0.15, 0.2) is 0 Å². The molecule has 8 heteroatoms. The van der Waals surface area contributed by atoms with Crippen LogP contribution in [0, 0.1) is 5.41 Å². The summed E-state index contributed by atoms with van der Waals surface area (Å²) in [5.41, 5.74) is 3.07. The van der Waals surface area contributed by atoms with Gasteiger partial charge in [-0.2, -0.15) is 0 Å². The number of rotatable bonds is 9. The highest BCUT2D eigenvalue weighted by Crippen LogP contribution is 2.40. The molecule has 40 heavy (non-hydrogen) atoms. The van der Waals surface area contributed by atoms with Gasteiger partial charge in [0.1, 0.15) is 0 Å². The third kappa shape index (κ3) is 6.20. The molecule has 0 fully saturated rings. The van der Waals surface area contributed by atoms with Gasteiger partial charge in [0.2, 0.25) is 5.91 Å². The number of anilines is 2. The van der Waals surface area contributed by atoms with Crippen LogP contribution < -0.4 is 9.80 Å². The van der Waals surface area contributed by atoms with Gasteiger partial charge in [0, 0.05) is 46.8 Å². The minimum Gasteiger partial charge on any atom is -0.481 e. The number of benzene rings is 2. The maximum absolute atomic E-state index is 13.8. The van der Waals surface area contributed by atoms with Gasteiger partial charge in [-0.15, -0.1) is 0 Å². The van der Waals surface area contributed by atoms with Crippen LogP contribution in [0.5, 0.6) is 0 Å². The second-order valence-corrected chi connectivity index (χ2v) is 11.5. The van der Waals surface area contributed by atoms with Crippen molar-refractivity contribution in [1.82, 2.24) is 4.98 Å². The zero-order chi connectivity index (χ0) is 29.0. The molecule has 0 spiro atoms. The number of aromatic nitrogens is 1. The van der Waals surface area contributed by atoms with Crippen LogP contribution in [-0.4, -0.2) is 40.5 Å². The third-order valence-corrected chi connectivity index (χ3v) is 8.02. The Morgan fingerprint density at radius 2 is 1.75 bits per heavy atom. The van der Waals surface area contributed by atoms with Crippen molar-refractivity contribution in [3.63, 3.8) is 0 Å². The molecule has 0 aliphatic carbocycles. The summed E-state index contributed by atoms with van der Waals surface area (Å²) in [6.07, 6.45) is 5.89. The summed E-state index contributed by atoms with van der Waals surface area (Å²) in [5.74, 6) is -1.39. The van der Waals surface area contributed by atoms with Crippen LogP contribution in [0.1, 0.15) is 74.4 Å². The topological polar surface area (TPSA) is 90.8 Å². The lowest BCUT2D eigenvalue weighted by atomic mass is 9.85. The molecule has 0 saturated carbocycles. The van der Waals surface area contributed by atoms with Crippen molar-refractivity contribution >= 4 is 40.8 Å². The lowest BCUT2D eigenvalue weighted by molar-refractivity contribution is -0.147. The van der Waals surface area contributed by atoms with Gasteiger partial charge in [0.05, 0.1) is 17.0 Å². The first-order valence-corrected chi connectivity index (χ1v) is 14.1. The minimum atomic E-state index is -0.795. The fourth-order valence-electron chi connectivity index (χ4n) is 5.31. The van der Waals surface area contributed by atoms with Gasteiger partial charge in [0.25, 0.3) is 5.91 Å². The number of carbonyl (C=O) groups excluding carboxylic acids is 2. The largest absolute Gasteiger partial charge is 0.481 e. The summed E-state index contributed by atoms with van der Waals surface area (Å²) in [5, 5.41) is 9.94. The number of likely N-dealkylation sites (N-methyl/N-ethyl adjacent to an activating group) is 1. The predicted molar refractivity (Wildman–Crippen MR) is 158 cm³/mol. The predicted octanol–water partition coefficient (Wildman–Crippen LogP) is 6.74. The molecule has 2 aromatic carbocycles. The molecule has 2 atom stereocenters. The number of amides is 2. The number of carbonyl (C=O) groups is 3. The summed E-state index contributed by atoms with van der Waals surface area (Å²) >= 11 is 6.06. The number of halogens is 1. The van der Waals surface area contributed by atoms with Gasteiger partial charge in [-0.3, -0.25) is 19.4 Å². The van der Waals surface area contributed by atoms with E-state index in [9.17, 15) is 19.5 Å². The summed E-state index contributed by atoms with van der Waals surface area (Å²) in [6, 6.07) is 16.3. The van der Waals surface area contributed by atoms with Gasteiger partial charge < -0.3 is 14.9 Å². The number of fused-ring (bicyclic) bond motifs is 1. The molecule has 3 aromatic rings. The molecule has 0 saturated heterocycles. The molecular formula is C32H36ClN3O4. The van der Waals surface area contributed by atoms with Crippen molar-refractivity contribution in [2.75, 3.05) is 16.3 Å². The molecular weight excluding hydrogens is 526 g/mol. The number of pyridine rings is 1. The second-order valence-electron chi connectivity index (χ2n) is 11.0. The van der Waals surface area contributed by atoms with E-state index >= 15 is 0 Å².